The fourth-order valence-electron chi connectivity index (χ4n) is 2.94. The van der Waals surface area contributed by atoms with Crippen molar-refractivity contribution in [2.24, 2.45) is 0 Å². The number of hydrogen-bond donors (Lipinski definition) is 2. The Morgan fingerprint density at radius 3 is 2.92 bits per heavy atom. The van der Waals surface area contributed by atoms with Gasteiger partial charge in [0.2, 0.25) is 5.91 Å². The van der Waals surface area contributed by atoms with Gasteiger partial charge in [-0.15, -0.1) is 24.2 Å². The standard InChI is InChI=1S/C17H24N2O3S.ClH/c1-12-10-13(4-6-18-12)19-17(20)5-9-23-14-2-3-15-16(11-14)22-8-7-21-15;/h2-3,11-13,18H,4-10H2,1H3,(H,19,20);1H. The minimum absolute atomic E-state index is 0. The van der Waals surface area contributed by atoms with E-state index in [1.807, 2.05) is 18.2 Å². The molecule has 2 unspecified atom stereocenters. The van der Waals surface area contributed by atoms with Gasteiger partial charge in [0.25, 0.3) is 0 Å². The normalized spacial score (nSPS) is 22.4. The Labute approximate surface area is 153 Å². The number of benzene rings is 1. The second kappa shape index (κ2) is 9.39. The fraction of sp³-hybridized carbons (Fsp3) is 0.588. The summed E-state index contributed by atoms with van der Waals surface area (Å²) >= 11 is 1.68. The largest absolute Gasteiger partial charge is 0.486 e. The van der Waals surface area contributed by atoms with Crippen LogP contribution in [0, 0.1) is 0 Å². The molecule has 1 aromatic rings. The van der Waals surface area contributed by atoms with Gasteiger partial charge >= 0.3 is 0 Å². The Kier molecular flexibility index (Phi) is 7.52. The monoisotopic (exact) mass is 372 g/mol. The molecule has 0 radical (unpaired) electrons. The van der Waals surface area contributed by atoms with Crippen molar-refractivity contribution in [2.75, 3.05) is 25.5 Å². The summed E-state index contributed by atoms with van der Waals surface area (Å²) in [6.45, 7) is 4.35. The Morgan fingerprint density at radius 2 is 2.12 bits per heavy atom. The number of halogens is 1. The van der Waals surface area contributed by atoms with Gasteiger partial charge in [-0.1, -0.05) is 0 Å². The van der Waals surface area contributed by atoms with Gasteiger partial charge in [0, 0.05) is 29.2 Å². The van der Waals surface area contributed by atoms with E-state index in [1.165, 1.54) is 0 Å². The molecular weight excluding hydrogens is 348 g/mol. The molecule has 2 heterocycles. The third-order valence-electron chi connectivity index (χ3n) is 4.10. The SMILES string of the molecule is CC1CC(NC(=O)CCSc2ccc3c(c2)OCCO3)CCN1.Cl. The number of fused-ring (bicyclic) bond motifs is 1. The molecular formula is C17H25ClN2O3S. The number of amides is 1. The zero-order valence-electron chi connectivity index (χ0n) is 13.9. The average molecular weight is 373 g/mol. The van der Waals surface area contributed by atoms with E-state index in [0.717, 1.165) is 41.5 Å². The highest BCUT2D eigenvalue weighted by atomic mass is 35.5. The van der Waals surface area contributed by atoms with Crippen molar-refractivity contribution in [3.8, 4) is 11.5 Å². The number of piperidine rings is 1. The first kappa shape index (κ1) is 19.2. The van der Waals surface area contributed by atoms with Gasteiger partial charge in [-0.3, -0.25) is 4.79 Å². The number of nitrogens with one attached hydrogen (secondary N) is 2. The summed E-state index contributed by atoms with van der Waals surface area (Å²) in [6, 6.07) is 6.75. The molecule has 7 heteroatoms. The molecule has 24 heavy (non-hydrogen) atoms. The van der Waals surface area contributed by atoms with E-state index in [2.05, 4.69) is 17.6 Å². The van der Waals surface area contributed by atoms with Crippen LogP contribution in [0.4, 0.5) is 0 Å². The number of ether oxygens (including phenoxy) is 2. The fourth-order valence-corrected chi connectivity index (χ4v) is 3.82. The number of thioether (sulfide) groups is 1. The molecule has 0 saturated carbocycles. The predicted octanol–water partition coefficient (Wildman–Crippen LogP) is 2.62. The Bertz CT molecular complexity index is 559. The molecule has 3 rings (SSSR count). The van der Waals surface area contributed by atoms with Crippen molar-refractivity contribution in [1.29, 1.82) is 0 Å². The molecule has 1 saturated heterocycles. The topological polar surface area (TPSA) is 59.6 Å². The quantitative estimate of drug-likeness (QED) is 0.778. The first-order valence-corrected chi connectivity index (χ1v) is 9.24. The molecule has 2 aliphatic rings. The molecule has 0 bridgehead atoms. The molecule has 2 aliphatic heterocycles. The van der Waals surface area contributed by atoms with Crippen molar-refractivity contribution in [3.63, 3.8) is 0 Å². The minimum Gasteiger partial charge on any atom is -0.486 e. The van der Waals surface area contributed by atoms with Gasteiger partial charge < -0.3 is 20.1 Å². The van der Waals surface area contributed by atoms with Gasteiger partial charge in [0.1, 0.15) is 13.2 Å². The lowest BCUT2D eigenvalue weighted by atomic mass is 10.0. The molecule has 5 nitrogen and oxygen atoms in total. The van der Waals surface area contributed by atoms with Gasteiger partial charge in [-0.05, 0) is 44.5 Å². The summed E-state index contributed by atoms with van der Waals surface area (Å²) in [5.41, 5.74) is 0. The minimum atomic E-state index is 0. The first-order valence-electron chi connectivity index (χ1n) is 8.26. The molecule has 2 N–H and O–H groups in total. The van der Waals surface area contributed by atoms with Crippen molar-refractivity contribution in [3.05, 3.63) is 18.2 Å². The van der Waals surface area contributed by atoms with Gasteiger partial charge in [-0.2, -0.15) is 0 Å². The lowest BCUT2D eigenvalue weighted by molar-refractivity contribution is -0.121. The molecule has 2 atom stereocenters. The lowest BCUT2D eigenvalue weighted by Gasteiger charge is -2.28. The number of rotatable bonds is 5. The van der Waals surface area contributed by atoms with Crippen LogP contribution in [-0.4, -0.2) is 43.5 Å². The summed E-state index contributed by atoms with van der Waals surface area (Å²) in [5.74, 6) is 2.52. The summed E-state index contributed by atoms with van der Waals surface area (Å²) < 4.78 is 11.1. The lowest BCUT2D eigenvalue weighted by Crippen LogP contribution is -2.46. The number of hydrogen-bond acceptors (Lipinski definition) is 5. The average Bonchev–Trinajstić information content (AvgIpc) is 2.55. The third kappa shape index (κ3) is 5.46. The maximum Gasteiger partial charge on any atom is 0.221 e. The van der Waals surface area contributed by atoms with Gasteiger partial charge in [-0.25, -0.2) is 0 Å². The summed E-state index contributed by atoms with van der Waals surface area (Å²) in [6.07, 6.45) is 2.57. The Hall–Kier alpha value is -1.11. The second-order valence-electron chi connectivity index (χ2n) is 6.05. The highest BCUT2D eigenvalue weighted by Gasteiger charge is 2.19. The van der Waals surface area contributed by atoms with Crippen LogP contribution in [0.25, 0.3) is 0 Å². The van der Waals surface area contributed by atoms with Gasteiger partial charge in [0.05, 0.1) is 0 Å². The van der Waals surface area contributed by atoms with Crippen molar-refractivity contribution < 1.29 is 14.3 Å². The molecule has 1 aromatic carbocycles. The van der Waals surface area contributed by atoms with Crippen LogP contribution in [0.3, 0.4) is 0 Å². The van der Waals surface area contributed by atoms with Crippen LogP contribution in [0.1, 0.15) is 26.2 Å². The zero-order valence-corrected chi connectivity index (χ0v) is 15.5. The molecule has 0 aromatic heterocycles. The predicted molar refractivity (Wildman–Crippen MR) is 98.7 cm³/mol. The molecule has 0 spiro atoms. The van der Waals surface area contributed by atoms with Crippen LogP contribution in [0.15, 0.2) is 23.1 Å². The van der Waals surface area contributed by atoms with Crippen molar-refractivity contribution in [1.82, 2.24) is 10.6 Å². The van der Waals surface area contributed by atoms with Crippen molar-refractivity contribution in [2.45, 2.75) is 43.2 Å². The molecule has 134 valence electrons. The first-order chi connectivity index (χ1) is 11.2. The van der Waals surface area contributed by atoms with E-state index >= 15 is 0 Å². The number of carbonyl (C=O) groups excluding carboxylic acids is 1. The van der Waals surface area contributed by atoms with E-state index in [0.29, 0.717) is 31.7 Å². The maximum absolute atomic E-state index is 12.1. The highest BCUT2D eigenvalue weighted by molar-refractivity contribution is 7.99. The van der Waals surface area contributed by atoms with E-state index in [4.69, 9.17) is 9.47 Å². The van der Waals surface area contributed by atoms with Crippen LogP contribution in [0.5, 0.6) is 11.5 Å². The van der Waals surface area contributed by atoms with E-state index in [1.54, 1.807) is 11.8 Å². The second-order valence-corrected chi connectivity index (χ2v) is 7.22. The molecule has 0 aliphatic carbocycles. The smallest absolute Gasteiger partial charge is 0.221 e. The van der Waals surface area contributed by atoms with E-state index in [-0.39, 0.29) is 18.3 Å². The maximum atomic E-state index is 12.1. The zero-order chi connectivity index (χ0) is 16.1. The molecule has 1 amide bonds. The van der Waals surface area contributed by atoms with Crippen LogP contribution in [-0.2, 0) is 4.79 Å². The Morgan fingerprint density at radius 1 is 1.33 bits per heavy atom. The van der Waals surface area contributed by atoms with E-state index in [9.17, 15) is 4.79 Å². The van der Waals surface area contributed by atoms with Gasteiger partial charge in [0.15, 0.2) is 11.5 Å². The number of carbonyl (C=O) groups is 1. The highest BCUT2D eigenvalue weighted by Crippen LogP contribution is 2.34. The summed E-state index contributed by atoms with van der Waals surface area (Å²) in [4.78, 5) is 13.2. The summed E-state index contributed by atoms with van der Waals surface area (Å²) in [7, 11) is 0. The van der Waals surface area contributed by atoms with Crippen LogP contribution < -0.4 is 20.1 Å². The Balaban J connectivity index is 0.00000208. The van der Waals surface area contributed by atoms with Crippen LogP contribution in [0.2, 0.25) is 0 Å². The van der Waals surface area contributed by atoms with Crippen LogP contribution >= 0.6 is 24.2 Å². The molecule has 1 fully saturated rings. The third-order valence-corrected chi connectivity index (χ3v) is 5.10. The summed E-state index contributed by atoms with van der Waals surface area (Å²) in [5, 5.41) is 6.55. The van der Waals surface area contributed by atoms with E-state index < -0.39 is 0 Å². The van der Waals surface area contributed by atoms with Crippen molar-refractivity contribution >= 4 is 30.1 Å².